The molecular weight excluding hydrogens is 428 g/mol. The summed E-state index contributed by atoms with van der Waals surface area (Å²) in [5.41, 5.74) is 2.64. The summed E-state index contributed by atoms with van der Waals surface area (Å²) < 4.78 is 31.1. The highest BCUT2D eigenvalue weighted by Gasteiger charge is 2.37. The fourth-order valence-corrected chi connectivity index (χ4v) is 4.78. The number of anilines is 1. The summed E-state index contributed by atoms with van der Waals surface area (Å²) in [6.45, 7) is 2.48. The molecule has 174 valence electrons. The van der Waals surface area contributed by atoms with Crippen molar-refractivity contribution < 1.29 is 17.9 Å². The topological polar surface area (TPSA) is 123 Å². The Bertz CT molecular complexity index is 1020. The van der Waals surface area contributed by atoms with E-state index in [9.17, 15) is 13.2 Å². The first-order chi connectivity index (χ1) is 15.2. The molecule has 1 amide bonds. The molecule has 0 saturated heterocycles. The first-order valence-electron chi connectivity index (χ1n) is 10.7. The maximum atomic E-state index is 11.6. The molecule has 1 saturated carbocycles. The van der Waals surface area contributed by atoms with E-state index in [0.717, 1.165) is 54.8 Å². The molecule has 2 aromatic rings. The van der Waals surface area contributed by atoms with Gasteiger partial charge in [0.2, 0.25) is 5.91 Å². The standard InChI is InChI=1S/C23H32N4O4S/c1-17(28)27-21-8-6-18(7-9-21)15-25-20-10-12-23(13-11-20,16-26-32(24,29)30)19-4-3-5-22(14-19)31-2/h3-9,14,20,25-26H,10-13,15-16H2,1-2H3,(H,27,28)(H2,24,29,30)/t20-,23-. The Morgan fingerprint density at radius 1 is 1.16 bits per heavy atom. The maximum absolute atomic E-state index is 11.6. The number of amides is 1. The van der Waals surface area contributed by atoms with Gasteiger partial charge in [0.25, 0.3) is 10.2 Å². The van der Waals surface area contributed by atoms with Crippen LogP contribution in [-0.4, -0.2) is 34.0 Å². The smallest absolute Gasteiger partial charge is 0.274 e. The number of carbonyl (C=O) groups is 1. The minimum absolute atomic E-state index is 0.0884. The van der Waals surface area contributed by atoms with Crippen LogP contribution in [0.25, 0.3) is 0 Å². The molecule has 0 aromatic heterocycles. The lowest BCUT2D eigenvalue weighted by Crippen LogP contribution is -2.47. The van der Waals surface area contributed by atoms with Gasteiger partial charge < -0.3 is 15.4 Å². The van der Waals surface area contributed by atoms with Crippen molar-refractivity contribution in [2.24, 2.45) is 5.14 Å². The Balaban J connectivity index is 1.63. The van der Waals surface area contributed by atoms with Crippen LogP contribution < -0.4 is 25.2 Å². The molecule has 0 bridgehead atoms. The third-order valence-corrected chi connectivity index (χ3v) is 6.65. The SMILES string of the molecule is COc1cccc([C@]2(CNS(N)(=O)=O)CC[C@@H](NCc3ccc(NC(C)=O)cc3)CC2)c1. The molecule has 0 spiro atoms. The molecule has 2 aromatic carbocycles. The lowest BCUT2D eigenvalue weighted by molar-refractivity contribution is -0.114. The monoisotopic (exact) mass is 460 g/mol. The zero-order valence-corrected chi connectivity index (χ0v) is 19.4. The molecule has 8 nitrogen and oxygen atoms in total. The Labute approximate surface area is 190 Å². The minimum atomic E-state index is -3.78. The van der Waals surface area contributed by atoms with E-state index in [2.05, 4.69) is 15.4 Å². The van der Waals surface area contributed by atoms with Crippen LogP contribution in [-0.2, 0) is 27.0 Å². The van der Waals surface area contributed by atoms with E-state index < -0.39 is 10.2 Å². The lowest BCUT2D eigenvalue weighted by atomic mass is 9.68. The van der Waals surface area contributed by atoms with Crippen molar-refractivity contribution in [1.29, 1.82) is 0 Å². The number of nitrogens with one attached hydrogen (secondary N) is 3. The van der Waals surface area contributed by atoms with Gasteiger partial charge in [0.15, 0.2) is 0 Å². The molecule has 0 aliphatic heterocycles. The molecule has 0 heterocycles. The molecule has 0 radical (unpaired) electrons. The Kier molecular flexibility index (Phi) is 7.89. The molecule has 0 unspecified atom stereocenters. The van der Waals surface area contributed by atoms with Crippen molar-refractivity contribution >= 4 is 21.8 Å². The number of rotatable bonds is 9. The van der Waals surface area contributed by atoms with E-state index in [1.807, 2.05) is 48.5 Å². The minimum Gasteiger partial charge on any atom is -0.497 e. The number of benzene rings is 2. The highest BCUT2D eigenvalue weighted by atomic mass is 32.2. The first-order valence-corrected chi connectivity index (χ1v) is 12.3. The van der Waals surface area contributed by atoms with Crippen LogP contribution in [0.1, 0.15) is 43.7 Å². The summed E-state index contributed by atoms with van der Waals surface area (Å²) in [6, 6.07) is 15.9. The quantitative estimate of drug-likeness (QED) is 0.458. The number of methoxy groups -OCH3 is 1. The predicted octanol–water partition coefficient (Wildman–Crippen LogP) is 2.42. The van der Waals surface area contributed by atoms with Crippen LogP contribution in [0, 0.1) is 0 Å². The number of ether oxygens (including phenoxy) is 1. The normalized spacial score (nSPS) is 21.2. The van der Waals surface area contributed by atoms with E-state index >= 15 is 0 Å². The highest BCUT2D eigenvalue weighted by molar-refractivity contribution is 7.87. The number of nitrogens with two attached hydrogens (primary N) is 1. The molecule has 32 heavy (non-hydrogen) atoms. The lowest BCUT2D eigenvalue weighted by Gasteiger charge is -2.41. The van der Waals surface area contributed by atoms with E-state index in [0.29, 0.717) is 6.04 Å². The molecule has 1 aliphatic carbocycles. The fraction of sp³-hybridized carbons (Fsp3) is 0.435. The van der Waals surface area contributed by atoms with Gasteiger partial charge in [-0.05, 0) is 61.1 Å². The second-order valence-corrected chi connectivity index (χ2v) is 9.79. The van der Waals surface area contributed by atoms with Crippen molar-refractivity contribution in [1.82, 2.24) is 10.0 Å². The van der Waals surface area contributed by atoms with E-state index in [4.69, 9.17) is 9.88 Å². The van der Waals surface area contributed by atoms with Crippen molar-refractivity contribution in [2.45, 2.75) is 50.6 Å². The molecule has 1 aliphatic rings. The first kappa shape index (κ1) is 24.2. The molecule has 1 fully saturated rings. The summed E-state index contributed by atoms with van der Waals surface area (Å²) in [5, 5.41) is 11.6. The van der Waals surface area contributed by atoms with Gasteiger partial charge in [-0.25, -0.2) is 9.86 Å². The summed E-state index contributed by atoms with van der Waals surface area (Å²) in [7, 11) is -2.16. The summed E-state index contributed by atoms with van der Waals surface area (Å²) in [6.07, 6.45) is 3.46. The van der Waals surface area contributed by atoms with E-state index in [1.165, 1.54) is 6.92 Å². The van der Waals surface area contributed by atoms with Gasteiger partial charge in [-0.15, -0.1) is 0 Å². The summed E-state index contributed by atoms with van der Waals surface area (Å²) in [4.78, 5) is 11.1. The van der Waals surface area contributed by atoms with Crippen LogP contribution >= 0.6 is 0 Å². The van der Waals surface area contributed by atoms with Gasteiger partial charge in [0, 0.05) is 37.2 Å². The Hall–Kier alpha value is -2.46. The molecular formula is C23H32N4O4S. The fourth-order valence-electron chi connectivity index (χ4n) is 4.31. The van der Waals surface area contributed by atoms with Gasteiger partial charge in [0.05, 0.1) is 7.11 Å². The Morgan fingerprint density at radius 3 is 2.44 bits per heavy atom. The zero-order valence-electron chi connectivity index (χ0n) is 18.6. The van der Waals surface area contributed by atoms with Crippen molar-refractivity contribution in [3.8, 4) is 5.75 Å². The second-order valence-electron chi connectivity index (χ2n) is 8.41. The average Bonchev–Trinajstić information content (AvgIpc) is 2.77. The number of hydrogen-bond acceptors (Lipinski definition) is 5. The van der Waals surface area contributed by atoms with Crippen LogP contribution in [0.2, 0.25) is 0 Å². The summed E-state index contributed by atoms with van der Waals surface area (Å²) >= 11 is 0. The van der Waals surface area contributed by atoms with Crippen molar-refractivity contribution in [2.75, 3.05) is 19.0 Å². The largest absolute Gasteiger partial charge is 0.497 e. The van der Waals surface area contributed by atoms with Gasteiger partial charge >= 0.3 is 0 Å². The van der Waals surface area contributed by atoms with Gasteiger partial charge in [-0.1, -0.05) is 24.3 Å². The van der Waals surface area contributed by atoms with Crippen molar-refractivity contribution in [3.05, 3.63) is 59.7 Å². The maximum Gasteiger partial charge on any atom is 0.274 e. The van der Waals surface area contributed by atoms with Crippen molar-refractivity contribution in [3.63, 3.8) is 0 Å². The number of carbonyl (C=O) groups excluding carboxylic acids is 1. The third kappa shape index (κ3) is 6.77. The van der Waals surface area contributed by atoms with Gasteiger partial charge in [0.1, 0.15) is 5.75 Å². The number of hydrogen-bond donors (Lipinski definition) is 4. The van der Waals surface area contributed by atoms with Gasteiger partial charge in [-0.2, -0.15) is 8.42 Å². The van der Waals surface area contributed by atoms with Crippen LogP contribution in [0.15, 0.2) is 48.5 Å². The average molecular weight is 461 g/mol. The molecule has 5 N–H and O–H groups in total. The summed E-state index contributed by atoms with van der Waals surface area (Å²) in [5.74, 6) is 0.662. The van der Waals surface area contributed by atoms with Crippen LogP contribution in [0.4, 0.5) is 5.69 Å². The molecule has 3 rings (SSSR count). The third-order valence-electron chi connectivity index (χ3n) is 6.11. The van der Waals surface area contributed by atoms with Crippen LogP contribution in [0.5, 0.6) is 5.75 Å². The van der Waals surface area contributed by atoms with E-state index in [1.54, 1.807) is 7.11 Å². The second kappa shape index (κ2) is 10.4. The van der Waals surface area contributed by atoms with E-state index in [-0.39, 0.29) is 17.9 Å². The predicted molar refractivity (Wildman–Crippen MR) is 126 cm³/mol. The van der Waals surface area contributed by atoms with Crippen LogP contribution in [0.3, 0.4) is 0 Å². The van der Waals surface area contributed by atoms with Gasteiger partial charge in [-0.3, -0.25) is 4.79 Å². The molecule has 0 atom stereocenters. The zero-order chi connectivity index (χ0) is 23.2. The highest BCUT2D eigenvalue weighted by Crippen LogP contribution is 2.40. The Morgan fingerprint density at radius 2 is 1.84 bits per heavy atom. The molecule has 9 heteroatoms.